The molecule has 1 aromatic carbocycles. The van der Waals surface area contributed by atoms with Gasteiger partial charge in [0.2, 0.25) is 0 Å². The van der Waals surface area contributed by atoms with Crippen LogP contribution in [0.1, 0.15) is 54.2 Å². The molecule has 4 unspecified atom stereocenters. The van der Waals surface area contributed by atoms with E-state index in [4.69, 9.17) is 36.0 Å². The number of ether oxygens (including phenoxy) is 2. The highest BCUT2D eigenvalue weighted by Crippen LogP contribution is 2.42. The summed E-state index contributed by atoms with van der Waals surface area (Å²) in [5.41, 5.74) is -0.293. The highest BCUT2D eigenvalue weighted by Gasteiger charge is 2.38. The lowest BCUT2D eigenvalue weighted by atomic mass is 10.1. The van der Waals surface area contributed by atoms with Gasteiger partial charge in [0.15, 0.2) is 5.82 Å². The number of nitrogens with two attached hydrogens (primary N) is 1. The fourth-order valence-electron chi connectivity index (χ4n) is 4.37. The normalized spacial score (nSPS) is 20.2. The van der Waals surface area contributed by atoms with E-state index in [-0.39, 0.29) is 31.0 Å². The number of carbonyl (C=O) groups excluding carboxylic acids is 1. The zero-order valence-electron chi connectivity index (χ0n) is 23.7. The molecule has 218 valence electrons. The first kappa shape index (κ1) is 30.4. The number of fused-ring (bicyclic) bond motifs is 1. The zero-order chi connectivity index (χ0) is 29.0. The van der Waals surface area contributed by atoms with Gasteiger partial charge in [0, 0.05) is 23.7 Å². The van der Waals surface area contributed by atoms with Gasteiger partial charge in [-0.3, -0.25) is 9.80 Å². The average molecular weight is 593 g/mol. The molecule has 1 aliphatic rings. The molecule has 2 aromatic heterocycles. The Balaban J connectivity index is 1.46. The fourth-order valence-corrected chi connectivity index (χ4v) is 5.82. The van der Waals surface area contributed by atoms with E-state index in [0.717, 1.165) is 17.5 Å². The third-order valence-corrected chi connectivity index (χ3v) is 8.19. The Morgan fingerprint density at radius 2 is 2.02 bits per heavy atom. The highest BCUT2D eigenvalue weighted by atomic mass is 35.5. The summed E-state index contributed by atoms with van der Waals surface area (Å²) in [6.07, 6.45) is 3.55. The van der Waals surface area contributed by atoms with E-state index in [1.807, 2.05) is 37.6 Å². The lowest BCUT2D eigenvalue weighted by Gasteiger charge is -2.29. The van der Waals surface area contributed by atoms with Crippen LogP contribution in [0.25, 0.3) is 11.0 Å². The first-order valence-electron chi connectivity index (χ1n) is 13.3. The third-order valence-electron chi connectivity index (χ3n) is 6.43. The Hall–Kier alpha value is -2.53. The molecular formula is C27H38ClN6O5P. The molecule has 0 amide bonds. The molecule has 3 N–H and O–H groups in total. The van der Waals surface area contributed by atoms with Crippen LogP contribution in [0, 0.1) is 5.92 Å². The second-order valence-electron chi connectivity index (χ2n) is 10.6. The zero-order valence-corrected chi connectivity index (χ0v) is 25.4. The van der Waals surface area contributed by atoms with Crippen LogP contribution in [0.4, 0.5) is 5.82 Å². The molecule has 1 aliphatic heterocycles. The van der Waals surface area contributed by atoms with Gasteiger partial charge in [-0.2, -0.15) is 0 Å². The number of benzene rings is 1. The number of nitrogens with one attached hydrogen (secondary N) is 1. The number of anilines is 1. The summed E-state index contributed by atoms with van der Waals surface area (Å²) >= 11 is 6.04. The van der Waals surface area contributed by atoms with Crippen molar-refractivity contribution in [2.75, 3.05) is 18.2 Å². The molecule has 3 aromatic rings. The number of halogens is 1. The number of hydrogen-bond donors (Lipinski definition) is 2. The second-order valence-corrected chi connectivity index (χ2v) is 12.2. The first-order chi connectivity index (χ1) is 19.0. The Labute approximate surface area is 241 Å². The van der Waals surface area contributed by atoms with E-state index in [1.54, 1.807) is 43.1 Å². The van der Waals surface area contributed by atoms with Crippen LogP contribution in [-0.4, -0.2) is 51.4 Å². The van der Waals surface area contributed by atoms with Gasteiger partial charge in [0.25, 0.3) is 0 Å². The second kappa shape index (κ2) is 13.0. The third kappa shape index (κ3) is 7.21. The molecule has 0 saturated carbocycles. The summed E-state index contributed by atoms with van der Waals surface area (Å²) in [7, 11) is -1.74. The average Bonchev–Trinajstić information content (AvgIpc) is 3.50. The monoisotopic (exact) mass is 592 g/mol. The van der Waals surface area contributed by atoms with Crippen LogP contribution < -0.4 is 20.5 Å². The van der Waals surface area contributed by atoms with E-state index >= 15 is 0 Å². The van der Waals surface area contributed by atoms with E-state index in [9.17, 15) is 4.79 Å². The minimum absolute atomic E-state index is 0.191. The van der Waals surface area contributed by atoms with Gasteiger partial charge in [-0.25, -0.2) is 20.9 Å². The van der Waals surface area contributed by atoms with Crippen LogP contribution in [0.5, 0.6) is 5.75 Å². The van der Waals surface area contributed by atoms with E-state index in [2.05, 4.69) is 22.0 Å². The predicted octanol–water partition coefficient (Wildman–Crippen LogP) is 5.35. The first-order valence-corrected chi connectivity index (χ1v) is 14.9. The number of hydrazine groups is 1. The molecule has 11 nitrogen and oxygen atoms in total. The Morgan fingerprint density at radius 3 is 2.70 bits per heavy atom. The van der Waals surface area contributed by atoms with E-state index in [0.29, 0.717) is 23.1 Å². The number of rotatable bonds is 12. The molecule has 13 heteroatoms. The molecule has 1 fully saturated rings. The minimum Gasteiger partial charge on any atom is -0.462 e. The van der Waals surface area contributed by atoms with Crippen LogP contribution >= 0.6 is 20.1 Å². The predicted molar refractivity (Wildman–Crippen MR) is 156 cm³/mol. The van der Waals surface area contributed by atoms with Crippen molar-refractivity contribution in [1.82, 2.24) is 19.6 Å². The molecule has 1 saturated heterocycles. The maximum atomic E-state index is 12.7. The quantitative estimate of drug-likeness (QED) is 0.123. The lowest BCUT2D eigenvalue weighted by Crippen LogP contribution is -2.46. The summed E-state index contributed by atoms with van der Waals surface area (Å²) < 4.78 is 26.2. The maximum absolute atomic E-state index is 12.7. The van der Waals surface area contributed by atoms with Crippen molar-refractivity contribution in [3.8, 4) is 5.75 Å². The Bertz CT molecular complexity index is 1290. The SMILES string of the molecule is CCN(N)c1ncnc2c1ccn2C1OC(COP(NC(C)(C)C(=O)OC(C)C)Oc2ccc(Cl)cc2)CC1C. The van der Waals surface area contributed by atoms with Gasteiger partial charge >= 0.3 is 14.5 Å². The highest BCUT2D eigenvalue weighted by molar-refractivity contribution is 7.45. The van der Waals surface area contributed by atoms with Crippen LogP contribution in [-0.2, 0) is 18.8 Å². The van der Waals surface area contributed by atoms with Crippen LogP contribution in [0.15, 0.2) is 42.9 Å². The summed E-state index contributed by atoms with van der Waals surface area (Å²) in [6.45, 7) is 12.1. The molecular weight excluding hydrogens is 555 g/mol. The van der Waals surface area contributed by atoms with Crippen molar-refractivity contribution in [2.24, 2.45) is 11.8 Å². The molecule has 0 spiro atoms. The smallest absolute Gasteiger partial charge is 0.326 e. The van der Waals surface area contributed by atoms with Gasteiger partial charge in [-0.05, 0) is 71.4 Å². The minimum atomic E-state index is -1.74. The standard InChI is InChI=1S/C27H38ClN6O5P/c1-7-34(29)24-22-12-13-33(23(22)30-16-31-24)25-18(4)14-21(38-25)15-36-40(39-20-10-8-19(28)9-11-20)32-27(5,6)26(35)37-17(2)3/h8-13,16-18,21,25,32H,7,14-15,29H2,1-6H3. The van der Waals surface area contributed by atoms with Crippen LogP contribution in [0.2, 0.25) is 5.02 Å². The van der Waals surface area contributed by atoms with E-state index < -0.39 is 20.0 Å². The lowest BCUT2D eigenvalue weighted by molar-refractivity contribution is -0.153. The van der Waals surface area contributed by atoms with Gasteiger partial charge in [0.1, 0.15) is 29.5 Å². The van der Waals surface area contributed by atoms with Gasteiger partial charge in [0.05, 0.1) is 24.2 Å². The number of nitrogens with zero attached hydrogens (tertiary/aromatic N) is 4. The van der Waals surface area contributed by atoms with Crippen molar-refractivity contribution in [3.05, 3.63) is 47.9 Å². The number of aromatic nitrogens is 3. The van der Waals surface area contributed by atoms with Crippen molar-refractivity contribution >= 4 is 42.9 Å². The maximum Gasteiger partial charge on any atom is 0.326 e. The topological polar surface area (TPSA) is 126 Å². The van der Waals surface area contributed by atoms with E-state index in [1.165, 1.54) is 6.33 Å². The van der Waals surface area contributed by atoms with Gasteiger partial charge < -0.3 is 23.1 Å². The molecule has 0 bridgehead atoms. The molecule has 0 aliphatic carbocycles. The number of carbonyl (C=O) groups is 1. The Morgan fingerprint density at radius 1 is 1.30 bits per heavy atom. The fraction of sp³-hybridized carbons (Fsp3) is 0.519. The largest absolute Gasteiger partial charge is 0.462 e. The molecule has 4 rings (SSSR count). The van der Waals surface area contributed by atoms with Gasteiger partial charge in [-0.1, -0.05) is 18.5 Å². The summed E-state index contributed by atoms with van der Waals surface area (Å²) in [5.74, 6) is 7.15. The molecule has 3 heterocycles. The molecule has 0 radical (unpaired) electrons. The summed E-state index contributed by atoms with van der Waals surface area (Å²) in [5, 5.41) is 6.25. The number of esters is 1. The summed E-state index contributed by atoms with van der Waals surface area (Å²) in [4.78, 5) is 21.6. The molecule has 40 heavy (non-hydrogen) atoms. The van der Waals surface area contributed by atoms with Crippen molar-refractivity contribution in [3.63, 3.8) is 0 Å². The van der Waals surface area contributed by atoms with Gasteiger partial charge in [-0.15, -0.1) is 0 Å². The van der Waals surface area contributed by atoms with Crippen LogP contribution in [0.3, 0.4) is 0 Å². The van der Waals surface area contributed by atoms with Crippen molar-refractivity contribution < 1.29 is 23.3 Å². The van der Waals surface area contributed by atoms with Crippen molar-refractivity contribution in [2.45, 2.75) is 71.9 Å². The van der Waals surface area contributed by atoms with Crippen molar-refractivity contribution in [1.29, 1.82) is 0 Å². The Kier molecular flexibility index (Phi) is 9.87. The molecule has 4 atom stereocenters. The summed E-state index contributed by atoms with van der Waals surface area (Å²) in [6, 6.07) is 8.92. The number of hydrogen-bond acceptors (Lipinski definition) is 10.